The number of pyridine rings is 1. The van der Waals surface area contributed by atoms with Crippen LogP contribution in [0.25, 0.3) is 0 Å². The maximum atomic E-state index is 11.4. The molecule has 0 aliphatic carbocycles. The largest absolute Gasteiger partial charge is 0.477 e. The second kappa shape index (κ2) is 5.63. The molecule has 1 aromatic heterocycles. The first-order valence-electron chi connectivity index (χ1n) is 6.32. The molecule has 0 radical (unpaired) electrons. The van der Waals surface area contributed by atoms with E-state index in [4.69, 9.17) is 10.00 Å². The van der Waals surface area contributed by atoms with Crippen LogP contribution in [0.5, 0.6) is 11.6 Å². The second-order valence-corrected chi connectivity index (χ2v) is 4.76. The normalized spacial score (nSPS) is 10.0. The number of hydrogen-bond donors (Lipinski definition) is 1. The minimum Gasteiger partial charge on any atom is -0.477 e. The van der Waals surface area contributed by atoms with Crippen molar-refractivity contribution in [2.75, 3.05) is 0 Å². The highest BCUT2D eigenvalue weighted by molar-refractivity contribution is 5.92. The molecule has 0 saturated heterocycles. The van der Waals surface area contributed by atoms with Crippen molar-refractivity contribution < 1.29 is 14.6 Å². The van der Waals surface area contributed by atoms with Gasteiger partial charge in [-0.3, -0.25) is 0 Å². The number of rotatable bonds is 3. The highest BCUT2D eigenvalue weighted by Gasteiger charge is 2.18. The van der Waals surface area contributed by atoms with Gasteiger partial charge in [-0.05, 0) is 50.1 Å². The Morgan fingerprint density at radius 2 is 1.95 bits per heavy atom. The Bertz CT molecular complexity index is 761. The van der Waals surface area contributed by atoms with E-state index >= 15 is 0 Å². The van der Waals surface area contributed by atoms with Gasteiger partial charge >= 0.3 is 5.97 Å². The van der Waals surface area contributed by atoms with E-state index in [0.29, 0.717) is 22.6 Å². The molecule has 1 aromatic carbocycles. The molecule has 2 aromatic rings. The molecular formula is C16H14N2O3. The van der Waals surface area contributed by atoms with Gasteiger partial charge in [-0.15, -0.1) is 0 Å². The molecule has 0 amide bonds. The fourth-order valence-electron chi connectivity index (χ4n) is 2.02. The smallest absolute Gasteiger partial charge is 0.341 e. The van der Waals surface area contributed by atoms with Crippen molar-refractivity contribution in [3.05, 3.63) is 52.2 Å². The predicted octanol–water partition coefficient (Wildman–Crippen LogP) is 3.37. The Hall–Kier alpha value is -2.87. The van der Waals surface area contributed by atoms with Gasteiger partial charge in [0.1, 0.15) is 11.3 Å². The lowest BCUT2D eigenvalue weighted by atomic mass is 10.1. The van der Waals surface area contributed by atoms with Crippen LogP contribution in [0.1, 0.15) is 32.7 Å². The maximum Gasteiger partial charge on any atom is 0.341 e. The number of nitriles is 1. The quantitative estimate of drug-likeness (QED) is 0.933. The Balaban J connectivity index is 2.54. The van der Waals surface area contributed by atoms with Gasteiger partial charge in [0.15, 0.2) is 0 Å². The van der Waals surface area contributed by atoms with Crippen LogP contribution in [0.15, 0.2) is 24.3 Å². The lowest BCUT2D eigenvalue weighted by molar-refractivity contribution is 0.0692. The van der Waals surface area contributed by atoms with E-state index in [1.165, 1.54) is 0 Å². The third-order valence-electron chi connectivity index (χ3n) is 3.05. The molecule has 1 N–H and O–H groups in total. The average Bonchev–Trinajstić information content (AvgIpc) is 2.40. The molecule has 0 atom stereocenters. The third-order valence-corrected chi connectivity index (χ3v) is 3.05. The SMILES string of the molecule is Cc1cc(C)c(C(=O)O)c(Oc2cc(C#N)ccc2C)n1. The molecule has 0 spiro atoms. The van der Waals surface area contributed by atoms with E-state index in [1.54, 1.807) is 38.1 Å². The molecule has 0 bridgehead atoms. The number of hydrogen-bond acceptors (Lipinski definition) is 4. The molecule has 0 aliphatic heterocycles. The molecule has 5 heteroatoms. The van der Waals surface area contributed by atoms with Gasteiger partial charge in [-0.2, -0.15) is 5.26 Å². The Kier molecular flexibility index (Phi) is 3.90. The van der Waals surface area contributed by atoms with Gasteiger partial charge in [-0.1, -0.05) is 6.07 Å². The molecular weight excluding hydrogens is 268 g/mol. The van der Waals surface area contributed by atoms with Gasteiger partial charge in [0, 0.05) is 5.69 Å². The number of benzene rings is 1. The summed E-state index contributed by atoms with van der Waals surface area (Å²) in [6.45, 7) is 5.28. The standard InChI is InChI=1S/C16H14N2O3/c1-9-4-5-12(8-17)7-13(9)21-15-14(16(19)20)10(2)6-11(3)18-15/h4-7H,1-3H3,(H,19,20). The molecule has 0 fully saturated rings. The lowest BCUT2D eigenvalue weighted by Gasteiger charge is -2.12. The fourth-order valence-corrected chi connectivity index (χ4v) is 2.02. The summed E-state index contributed by atoms with van der Waals surface area (Å²) in [7, 11) is 0. The molecule has 0 saturated carbocycles. The first kappa shape index (κ1) is 14.5. The molecule has 21 heavy (non-hydrogen) atoms. The summed E-state index contributed by atoms with van der Waals surface area (Å²) in [5.74, 6) is -0.628. The van der Waals surface area contributed by atoms with Gasteiger partial charge in [0.25, 0.3) is 0 Å². The summed E-state index contributed by atoms with van der Waals surface area (Å²) in [5, 5.41) is 18.2. The van der Waals surface area contributed by atoms with Crippen molar-refractivity contribution >= 4 is 5.97 Å². The monoisotopic (exact) mass is 282 g/mol. The zero-order valence-electron chi connectivity index (χ0n) is 12.0. The number of carboxylic acids is 1. The van der Waals surface area contributed by atoms with Crippen molar-refractivity contribution in [3.8, 4) is 17.7 Å². The highest BCUT2D eigenvalue weighted by Crippen LogP contribution is 2.29. The van der Waals surface area contributed by atoms with Crippen LogP contribution < -0.4 is 4.74 Å². The summed E-state index contributed by atoms with van der Waals surface area (Å²) in [5.41, 5.74) is 2.52. The Morgan fingerprint density at radius 1 is 1.24 bits per heavy atom. The number of nitrogens with zero attached hydrogens (tertiary/aromatic N) is 2. The van der Waals surface area contributed by atoms with Crippen LogP contribution in [0, 0.1) is 32.1 Å². The molecule has 5 nitrogen and oxygen atoms in total. The van der Waals surface area contributed by atoms with Gasteiger partial charge in [0.05, 0.1) is 11.6 Å². The molecule has 106 valence electrons. The molecule has 1 heterocycles. The van der Waals surface area contributed by atoms with Crippen molar-refractivity contribution in [1.82, 2.24) is 4.98 Å². The van der Waals surface area contributed by atoms with Crippen molar-refractivity contribution in [1.29, 1.82) is 5.26 Å². The van der Waals surface area contributed by atoms with Crippen molar-refractivity contribution in [3.63, 3.8) is 0 Å². The summed E-state index contributed by atoms with van der Waals surface area (Å²) in [4.78, 5) is 15.5. The van der Waals surface area contributed by atoms with Crippen molar-refractivity contribution in [2.24, 2.45) is 0 Å². The third kappa shape index (κ3) is 3.00. The zero-order chi connectivity index (χ0) is 15.6. The van der Waals surface area contributed by atoms with Gasteiger partial charge in [0.2, 0.25) is 5.88 Å². The van der Waals surface area contributed by atoms with Gasteiger partial charge < -0.3 is 9.84 Å². The van der Waals surface area contributed by atoms with Crippen LogP contribution in [0.3, 0.4) is 0 Å². The fraction of sp³-hybridized carbons (Fsp3) is 0.188. The van der Waals surface area contributed by atoms with E-state index in [2.05, 4.69) is 4.98 Å². The first-order chi connectivity index (χ1) is 9.92. The topological polar surface area (TPSA) is 83.2 Å². The number of carboxylic acid groups (broad SMARTS) is 1. The first-order valence-corrected chi connectivity index (χ1v) is 6.32. The molecule has 2 rings (SSSR count). The van der Waals surface area contributed by atoms with Crippen LogP contribution in [0.4, 0.5) is 0 Å². The van der Waals surface area contributed by atoms with E-state index in [9.17, 15) is 9.90 Å². The minimum absolute atomic E-state index is 0.0300. The number of aryl methyl sites for hydroxylation is 3. The highest BCUT2D eigenvalue weighted by atomic mass is 16.5. The van der Waals surface area contributed by atoms with E-state index < -0.39 is 5.97 Å². The maximum absolute atomic E-state index is 11.4. The number of ether oxygens (including phenoxy) is 1. The van der Waals surface area contributed by atoms with Gasteiger partial charge in [-0.25, -0.2) is 9.78 Å². The van der Waals surface area contributed by atoms with E-state index in [-0.39, 0.29) is 11.4 Å². The van der Waals surface area contributed by atoms with Crippen LogP contribution in [-0.2, 0) is 0 Å². The lowest BCUT2D eigenvalue weighted by Crippen LogP contribution is -2.06. The Morgan fingerprint density at radius 3 is 2.57 bits per heavy atom. The zero-order valence-corrected chi connectivity index (χ0v) is 12.0. The van der Waals surface area contributed by atoms with Crippen LogP contribution in [0.2, 0.25) is 0 Å². The molecule has 0 aliphatic rings. The second-order valence-electron chi connectivity index (χ2n) is 4.76. The number of carbonyl (C=O) groups is 1. The van der Waals surface area contributed by atoms with E-state index in [1.807, 2.05) is 13.0 Å². The van der Waals surface area contributed by atoms with Crippen LogP contribution >= 0.6 is 0 Å². The summed E-state index contributed by atoms with van der Waals surface area (Å²) in [6.07, 6.45) is 0. The predicted molar refractivity (Wildman–Crippen MR) is 76.6 cm³/mol. The summed E-state index contributed by atoms with van der Waals surface area (Å²) < 4.78 is 5.66. The summed E-state index contributed by atoms with van der Waals surface area (Å²) >= 11 is 0. The van der Waals surface area contributed by atoms with Crippen LogP contribution in [-0.4, -0.2) is 16.1 Å². The Labute approximate surface area is 122 Å². The number of aromatic carboxylic acids is 1. The summed E-state index contributed by atoms with van der Waals surface area (Å²) in [6, 6.07) is 8.71. The average molecular weight is 282 g/mol. The van der Waals surface area contributed by atoms with Crippen molar-refractivity contribution in [2.45, 2.75) is 20.8 Å². The minimum atomic E-state index is -1.09. The van der Waals surface area contributed by atoms with E-state index in [0.717, 1.165) is 5.56 Å². The molecule has 0 unspecified atom stereocenters. The number of aromatic nitrogens is 1.